The Morgan fingerprint density at radius 3 is 2.11 bits per heavy atom. The summed E-state index contributed by atoms with van der Waals surface area (Å²) in [7, 11) is 1.70. The van der Waals surface area contributed by atoms with Crippen LogP contribution in [0, 0.1) is 0 Å². The van der Waals surface area contributed by atoms with Gasteiger partial charge in [-0.2, -0.15) is 5.10 Å². The number of rotatable bonds is 4. The van der Waals surface area contributed by atoms with E-state index < -0.39 is 6.36 Å². The van der Waals surface area contributed by atoms with Gasteiger partial charge in [-0.25, -0.2) is 0 Å². The Morgan fingerprint density at radius 2 is 1.63 bits per heavy atom. The molecular formula is C18H13BrF3N3O2. The summed E-state index contributed by atoms with van der Waals surface area (Å²) in [6.07, 6.45) is -3.15. The monoisotopic (exact) mass is 439 g/mol. The number of nitrogens with zero attached hydrogens (tertiary/aromatic N) is 2. The minimum Gasteiger partial charge on any atom is -0.406 e. The highest BCUT2D eigenvalue weighted by Crippen LogP contribution is 2.27. The summed E-state index contributed by atoms with van der Waals surface area (Å²) in [4.78, 5) is 12.3. The first kappa shape index (κ1) is 19.0. The molecule has 140 valence electrons. The second kappa shape index (κ2) is 7.43. The highest BCUT2D eigenvalue weighted by Gasteiger charge is 2.30. The number of ether oxygens (including phenoxy) is 1. The Hall–Kier alpha value is -2.81. The van der Waals surface area contributed by atoms with Crippen LogP contribution in [0.4, 0.5) is 19.0 Å². The van der Waals surface area contributed by atoms with Gasteiger partial charge >= 0.3 is 6.36 Å². The fraction of sp³-hybridized carbons (Fsp3) is 0.111. The molecule has 0 radical (unpaired) electrons. The lowest BCUT2D eigenvalue weighted by Crippen LogP contribution is -2.16. The molecule has 5 nitrogen and oxygen atoms in total. The van der Waals surface area contributed by atoms with Crippen molar-refractivity contribution in [3.8, 4) is 16.9 Å². The van der Waals surface area contributed by atoms with E-state index in [2.05, 4.69) is 31.1 Å². The van der Waals surface area contributed by atoms with Crippen molar-refractivity contribution in [2.24, 2.45) is 7.05 Å². The zero-order valence-electron chi connectivity index (χ0n) is 13.9. The van der Waals surface area contributed by atoms with Gasteiger partial charge in [0, 0.05) is 12.6 Å². The molecule has 0 bridgehead atoms. The molecule has 3 aromatic rings. The van der Waals surface area contributed by atoms with Crippen LogP contribution >= 0.6 is 15.9 Å². The summed E-state index contributed by atoms with van der Waals surface area (Å²) < 4.78 is 42.6. The zero-order valence-corrected chi connectivity index (χ0v) is 15.5. The lowest BCUT2D eigenvalue weighted by atomic mass is 10.0. The van der Waals surface area contributed by atoms with E-state index in [0.717, 1.165) is 5.56 Å². The Balaban J connectivity index is 1.72. The minimum absolute atomic E-state index is 0.288. The molecule has 0 aliphatic heterocycles. The minimum atomic E-state index is -4.72. The summed E-state index contributed by atoms with van der Waals surface area (Å²) in [6.45, 7) is 0. The average molecular weight is 440 g/mol. The molecule has 0 unspecified atom stereocenters. The predicted molar refractivity (Wildman–Crippen MR) is 97.4 cm³/mol. The van der Waals surface area contributed by atoms with Crippen LogP contribution in [0.5, 0.6) is 5.75 Å². The maximum absolute atomic E-state index is 12.3. The number of aryl methyl sites for hydroxylation is 1. The van der Waals surface area contributed by atoms with Gasteiger partial charge in [0.2, 0.25) is 0 Å². The van der Waals surface area contributed by atoms with E-state index in [9.17, 15) is 18.0 Å². The largest absolute Gasteiger partial charge is 0.573 e. The molecule has 2 aromatic carbocycles. The first-order chi connectivity index (χ1) is 12.7. The predicted octanol–water partition coefficient (Wildman–Crippen LogP) is 5.00. The van der Waals surface area contributed by atoms with Crippen molar-refractivity contribution in [2.45, 2.75) is 6.36 Å². The number of aromatic nitrogens is 2. The molecule has 0 saturated heterocycles. The van der Waals surface area contributed by atoms with Gasteiger partial charge in [0.15, 0.2) is 0 Å². The number of alkyl halides is 3. The zero-order chi connectivity index (χ0) is 19.6. The lowest BCUT2D eigenvalue weighted by Gasteiger charge is -2.10. The van der Waals surface area contributed by atoms with Crippen molar-refractivity contribution in [3.63, 3.8) is 0 Å². The van der Waals surface area contributed by atoms with Crippen LogP contribution in [-0.4, -0.2) is 22.1 Å². The first-order valence-electron chi connectivity index (χ1n) is 7.68. The van der Waals surface area contributed by atoms with Crippen LogP contribution in [0.3, 0.4) is 0 Å². The highest BCUT2D eigenvalue weighted by molar-refractivity contribution is 9.10. The van der Waals surface area contributed by atoms with Crippen molar-refractivity contribution in [1.29, 1.82) is 0 Å². The molecule has 1 aromatic heterocycles. The van der Waals surface area contributed by atoms with Crippen LogP contribution in [0.1, 0.15) is 10.4 Å². The van der Waals surface area contributed by atoms with Gasteiger partial charge in [-0.1, -0.05) is 24.3 Å². The fourth-order valence-electron chi connectivity index (χ4n) is 2.39. The number of carbonyl (C=O) groups excluding carboxylic acids is 1. The molecule has 0 spiro atoms. The number of benzene rings is 2. The molecule has 0 atom stereocenters. The summed E-state index contributed by atoms with van der Waals surface area (Å²) in [5.74, 6) is -0.0619. The van der Waals surface area contributed by atoms with Crippen molar-refractivity contribution in [2.75, 3.05) is 5.32 Å². The van der Waals surface area contributed by atoms with Gasteiger partial charge in [-0.05, 0) is 51.3 Å². The van der Waals surface area contributed by atoms with Gasteiger partial charge in [0.05, 0.1) is 10.7 Å². The van der Waals surface area contributed by atoms with E-state index in [0.29, 0.717) is 21.4 Å². The molecule has 1 N–H and O–H groups in total. The number of carbonyl (C=O) groups is 1. The van der Waals surface area contributed by atoms with Crippen molar-refractivity contribution in [3.05, 3.63) is 64.8 Å². The van der Waals surface area contributed by atoms with E-state index in [-0.39, 0.29) is 11.7 Å². The topological polar surface area (TPSA) is 56.2 Å². The molecule has 1 amide bonds. The molecule has 1 heterocycles. The Labute approximate surface area is 160 Å². The van der Waals surface area contributed by atoms with E-state index in [1.165, 1.54) is 28.9 Å². The van der Waals surface area contributed by atoms with Gasteiger partial charge in [-0.15, -0.1) is 13.2 Å². The second-order valence-corrected chi connectivity index (χ2v) is 6.42. The van der Waals surface area contributed by atoms with Crippen LogP contribution in [0.2, 0.25) is 0 Å². The van der Waals surface area contributed by atoms with Crippen molar-refractivity contribution in [1.82, 2.24) is 9.78 Å². The van der Waals surface area contributed by atoms with Crippen molar-refractivity contribution < 1.29 is 22.7 Å². The van der Waals surface area contributed by atoms with Gasteiger partial charge < -0.3 is 10.1 Å². The molecule has 0 aliphatic carbocycles. The summed E-state index contributed by atoms with van der Waals surface area (Å²) in [6, 6.07) is 12.2. The van der Waals surface area contributed by atoms with Gasteiger partial charge in [0.1, 0.15) is 11.6 Å². The van der Waals surface area contributed by atoms with Crippen LogP contribution < -0.4 is 10.1 Å². The van der Waals surface area contributed by atoms with Crippen LogP contribution in [0.15, 0.2) is 59.2 Å². The number of anilines is 1. The normalized spacial score (nSPS) is 11.3. The number of amides is 1. The third-order valence-electron chi connectivity index (χ3n) is 3.69. The number of nitrogens with one attached hydrogen (secondary N) is 1. The molecule has 0 saturated carbocycles. The number of hydrogen-bond acceptors (Lipinski definition) is 3. The Bertz CT molecular complexity index is 932. The Morgan fingerprint density at radius 1 is 1.07 bits per heavy atom. The van der Waals surface area contributed by atoms with Crippen LogP contribution in [-0.2, 0) is 7.05 Å². The standard InChI is InChI=1S/C18H13BrF3N3O2/c1-25-16(15(19)10-23-25)24-17(26)13-4-2-11(3-5-13)12-6-8-14(9-7-12)27-18(20,21)22/h2-10H,1H3,(H,24,26). The highest BCUT2D eigenvalue weighted by atomic mass is 79.9. The molecule has 0 aliphatic rings. The molecule has 0 fully saturated rings. The summed E-state index contributed by atoms with van der Waals surface area (Å²) >= 11 is 3.31. The second-order valence-electron chi connectivity index (χ2n) is 5.57. The first-order valence-corrected chi connectivity index (χ1v) is 8.47. The molecule has 9 heteroatoms. The lowest BCUT2D eigenvalue weighted by molar-refractivity contribution is -0.274. The number of hydrogen-bond donors (Lipinski definition) is 1. The van der Waals surface area contributed by atoms with Crippen LogP contribution in [0.25, 0.3) is 11.1 Å². The van der Waals surface area contributed by atoms with Gasteiger partial charge in [0.25, 0.3) is 5.91 Å². The van der Waals surface area contributed by atoms with Gasteiger partial charge in [-0.3, -0.25) is 9.48 Å². The smallest absolute Gasteiger partial charge is 0.406 e. The maximum atomic E-state index is 12.3. The van der Waals surface area contributed by atoms with E-state index in [1.807, 2.05) is 0 Å². The third kappa shape index (κ3) is 4.68. The third-order valence-corrected chi connectivity index (χ3v) is 4.27. The molecular weight excluding hydrogens is 427 g/mol. The van der Waals surface area contributed by atoms with E-state index >= 15 is 0 Å². The molecule has 3 rings (SSSR count). The Kier molecular flexibility index (Phi) is 5.22. The maximum Gasteiger partial charge on any atom is 0.573 e. The fourth-order valence-corrected chi connectivity index (χ4v) is 2.84. The quantitative estimate of drug-likeness (QED) is 0.622. The van der Waals surface area contributed by atoms with Crippen molar-refractivity contribution >= 4 is 27.7 Å². The van der Waals surface area contributed by atoms with E-state index in [1.54, 1.807) is 37.5 Å². The van der Waals surface area contributed by atoms with E-state index in [4.69, 9.17) is 0 Å². The average Bonchev–Trinajstić information content (AvgIpc) is 2.93. The SMILES string of the molecule is Cn1ncc(Br)c1NC(=O)c1ccc(-c2ccc(OC(F)(F)F)cc2)cc1. The number of halogens is 4. The molecule has 27 heavy (non-hydrogen) atoms. The summed E-state index contributed by atoms with van der Waals surface area (Å²) in [5.41, 5.74) is 1.89. The summed E-state index contributed by atoms with van der Waals surface area (Å²) in [5, 5.41) is 6.78.